The first-order valence-electron chi connectivity index (χ1n) is 23.1. The van der Waals surface area contributed by atoms with Crippen molar-refractivity contribution in [2.24, 2.45) is 5.92 Å². The highest BCUT2D eigenvalue weighted by molar-refractivity contribution is 6.10. The maximum absolute atomic E-state index is 6.70. The topological polar surface area (TPSA) is 59.9 Å². The van der Waals surface area contributed by atoms with Crippen molar-refractivity contribution < 1.29 is 23.4 Å². The molecule has 1 atom stereocenters. The lowest BCUT2D eigenvalue weighted by atomic mass is 9.83. The first-order chi connectivity index (χ1) is 33.6. The van der Waals surface area contributed by atoms with Crippen molar-refractivity contribution in [2.45, 2.75) is 13.3 Å². The van der Waals surface area contributed by atoms with Gasteiger partial charge in [0.05, 0.1) is 33.4 Å². The van der Waals surface area contributed by atoms with Crippen LogP contribution in [-0.4, -0.2) is 9.13 Å². The van der Waals surface area contributed by atoms with Crippen LogP contribution >= 0.6 is 0 Å². The molecule has 1 unspecified atom stereocenters. The maximum Gasteiger partial charge on any atom is 0.172 e. The molecule has 3 aromatic heterocycles. The van der Waals surface area contributed by atoms with Crippen LogP contribution < -0.4 is 18.9 Å². The van der Waals surface area contributed by atoms with Gasteiger partial charge in [0, 0.05) is 51.0 Å². The number of aromatic nitrogens is 2. The molecule has 3 aliphatic rings. The van der Waals surface area contributed by atoms with Gasteiger partial charge in [-0.25, -0.2) is 0 Å². The lowest BCUT2D eigenvalue weighted by Crippen LogP contribution is -2.08. The molecule has 0 bridgehead atoms. The van der Waals surface area contributed by atoms with Gasteiger partial charge in [-0.1, -0.05) is 97.9 Å². The van der Waals surface area contributed by atoms with Gasteiger partial charge in [-0.3, -0.25) is 0 Å². The second kappa shape index (κ2) is 14.0. The van der Waals surface area contributed by atoms with E-state index in [1.807, 2.05) is 24.3 Å². The highest BCUT2D eigenvalue weighted by Gasteiger charge is 2.28. The van der Waals surface area contributed by atoms with E-state index in [2.05, 4.69) is 186 Å². The molecule has 0 fully saturated rings. The van der Waals surface area contributed by atoms with Crippen LogP contribution in [-0.2, 0) is 6.42 Å². The van der Waals surface area contributed by atoms with Crippen molar-refractivity contribution in [1.29, 1.82) is 0 Å². The van der Waals surface area contributed by atoms with Gasteiger partial charge in [0.25, 0.3) is 0 Å². The molecular weight excluding hydrogens is 841 g/mol. The minimum atomic E-state index is 0.218. The van der Waals surface area contributed by atoms with E-state index in [1.165, 1.54) is 27.1 Å². The molecule has 0 spiro atoms. The first-order valence-corrected chi connectivity index (χ1v) is 23.1. The van der Waals surface area contributed by atoms with Gasteiger partial charge in [-0.15, -0.1) is 0 Å². The normalized spacial score (nSPS) is 14.6. The summed E-state index contributed by atoms with van der Waals surface area (Å²) in [5.41, 5.74) is 13.0. The second-order valence-corrected chi connectivity index (χ2v) is 18.1. The number of fused-ring (bicyclic) bond motifs is 13. The third-order valence-corrected chi connectivity index (χ3v) is 14.1. The molecule has 322 valence electrons. The zero-order chi connectivity index (χ0) is 44.6. The van der Waals surface area contributed by atoms with Crippen LogP contribution in [0.25, 0.3) is 88.7 Å². The molecule has 68 heavy (non-hydrogen) atoms. The predicted octanol–water partition coefficient (Wildman–Crippen LogP) is 16.8. The quantitative estimate of drug-likeness (QED) is 0.176. The highest BCUT2D eigenvalue weighted by Crippen LogP contribution is 2.51. The number of rotatable bonds is 4. The van der Waals surface area contributed by atoms with Crippen LogP contribution in [0, 0.1) is 5.92 Å². The smallest absolute Gasteiger partial charge is 0.172 e. The molecule has 15 rings (SSSR count). The van der Waals surface area contributed by atoms with Crippen LogP contribution in [0.15, 0.2) is 192 Å². The van der Waals surface area contributed by atoms with Crippen molar-refractivity contribution >= 4 is 66.2 Å². The monoisotopic (exact) mass is 878 g/mol. The van der Waals surface area contributed by atoms with Crippen LogP contribution in [0.3, 0.4) is 0 Å². The lowest BCUT2D eigenvalue weighted by molar-refractivity contribution is 0.359. The van der Waals surface area contributed by atoms with Crippen LogP contribution in [0.2, 0.25) is 0 Å². The maximum atomic E-state index is 6.70. The first kappa shape index (κ1) is 37.3. The molecule has 0 saturated carbocycles. The van der Waals surface area contributed by atoms with Crippen LogP contribution in [0.4, 0.5) is 0 Å². The van der Waals surface area contributed by atoms with Gasteiger partial charge in [0.15, 0.2) is 46.0 Å². The van der Waals surface area contributed by atoms with E-state index in [0.717, 1.165) is 78.8 Å². The summed E-state index contributed by atoms with van der Waals surface area (Å²) in [6.07, 6.45) is 3.08. The Bertz CT molecular complexity index is 4060. The van der Waals surface area contributed by atoms with E-state index in [0.29, 0.717) is 46.0 Å². The van der Waals surface area contributed by atoms with Gasteiger partial charge in [0.1, 0.15) is 11.3 Å². The Labute approximate surface area is 389 Å². The summed E-state index contributed by atoms with van der Waals surface area (Å²) in [4.78, 5) is 0. The van der Waals surface area contributed by atoms with E-state index in [4.69, 9.17) is 23.4 Å². The summed E-state index contributed by atoms with van der Waals surface area (Å²) in [7, 11) is 0. The third-order valence-electron chi connectivity index (χ3n) is 14.1. The fraction of sp³-hybridized carbons (Fsp3) is 0.0492. The summed E-state index contributed by atoms with van der Waals surface area (Å²) in [6, 6.07) is 65.3. The van der Waals surface area contributed by atoms with Crippen LogP contribution in [0.5, 0.6) is 46.0 Å². The molecule has 0 amide bonds. The number of para-hydroxylation sites is 4. The number of nitrogens with zero attached hydrogens (tertiary/aromatic N) is 2. The van der Waals surface area contributed by atoms with E-state index in [9.17, 15) is 0 Å². The summed E-state index contributed by atoms with van der Waals surface area (Å²) in [5.74, 6) is 6.69. The Morgan fingerprint density at radius 3 is 1.32 bits per heavy atom. The average Bonchev–Trinajstić information content (AvgIpc) is 4.03. The number of hydrogen-bond acceptors (Lipinski definition) is 5. The summed E-state index contributed by atoms with van der Waals surface area (Å²) in [5, 5.41) is 5.93. The third kappa shape index (κ3) is 5.53. The number of allylic oxidation sites excluding steroid dienone is 1. The van der Waals surface area contributed by atoms with Gasteiger partial charge < -0.3 is 32.5 Å². The van der Waals surface area contributed by atoms with E-state index in [1.54, 1.807) is 0 Å². The molecular formula is C61H38N2O5. The van der Waals surface area contributed by atoms with Crippen molar-refractivity contribution in [1.82, 2.24) is 9.13 Å². The zero-order valence-electron chi connectivity index (χ0n) is 36.7. The van der Waals surface area contributed by atoms with E-state index < -0.39 is 0 Å². The summed E-state index contributed by atoms with van der Waals surface area (Å²) >= 11 is 0. The highest BCUT2D eigenvalue weighted by atomic mass is 16.6. The van der Waals surface area contributed by atoms with Gasteiger partial charge in [-0.05, 0) is 119 Å². The minimum absolute atomic E-state index is 0.218. The van der Waals surface area contributed by atoms with Crippen molar-refractivity contribution in [3.05, 3.63) is 205 Å². The Morgan fingerprint density at radius 2 is 0.794 bits per heavy atom. The molecule has 7 nitrogen and oxygen atoms in total. The van der Waals surface area contributed by atoms with Gasteiger partial charge >= 0.3 is 0 Å². The van der Waals surface area contributed by atoms with Crippen molar-refractivity contribution in [3.8, 4) is 68.5 Å². The molecule has 0 saturated heterocycles. The summed E-state index contributed by atoms with van der Waals surface area (Å²) < 4.78 is 37.4. The molecule has 2 aliphatic heterocycles. The van der Waals surface area contributed by atoms with E-state index in [-0.39, 0.29) is 5.92 Å². The standard InChI is InChI=1S/C61H38N2O5/c1-35-28-57-47(34-45(35)38-20-25-54-59(31-38)68-61-33-40(22-27-56(61)66-54)63-50-16-8-4-12-43(50)44-13-5-9-17-51(44)63)46-29-36(18-23-52(46)64-57)37-19-24-53-58(30-37)67-60-32-39(21-26-55(60)65-53)62-48-14-6-2-10-41(48)42-11-3-7-15-49(42)62/h2-27,29-35H,28H2,1H3. The average molecular weight is 879 g/mol. The van der Waals surface area contributed by atoms with Crippen LogP contribution in [0.1, 0.15) is 23.8 Å². The molecule has 9 aromatic carbocycles. The second-order valence-electron chi connectivity index (χ2n) is 18.1. The number of benzene rings is 9. The van der Waals surface area contributed by atoms with Gasteiger partial charge in [0.2, 0.25) is 0 Å². The Morgan fingerprint density at radius 1 is 0.382 bits per heavy atom. The fourth-order valence-electron chi connectivity index (χ4n) is 10.9. The molecule has 1 aliphatic carbocycles. The Balaban J connectivity index is 0.743. The predicted molar refractivity (Wildman–Crippen MR) is 271 cm³/mol. The Hall–Kier alpha value is -8.94. The molecule has 12 aromatic rings. The Kier molecular flexibility index (Phi) is 7.70. The zero-order valence-corrected chi connectivity index (χ0v) is 36.7. The largest absolute Gasteiger partial charge is 0.460 e. The van der Waals surface area contributed by atoms with Crippen molar-refractivity contribution in [3.63, 3.8) is 0 Å². The van der Waals surface area contributed by atoms with E-state index >= 15 is 0 Å². The number of ether oxygens (including phenoxy) is 4. The number of hydrogen-bond donors (Lipinski definition) is 0. The molecule has 0 N–H and O–H groups in total. The summed E-state index contributed by atoms with van der Waals surface area (Å²) in [6.45, 7) is 2.26. The molecule has 7 heteroatoms. The van der Waals surface area contributed by atoms with Crippen molar-refractivity contribution in [2.75, 3.05) is 0 Å². The lowest BCUT2D eigenvalue weighted by Gasteiger charge is -2.24. The molecule has 0 radical (unpaired) electrons. The minimum Gasteiger partial charge on any atom is -0.460 e. The molecule has 5 heterocycles. The number of furan rings is 1. The SMILES string of the molecule is CC1Cc2oc3ccc(-c4ccc5c(c4)Oc4cc(-n6c7ccccc7c7ccccc76)ccc4O5)cc3c2C=C1c1ccc2c(c1)Oc1cc(-n3c4ccccc4c4ccccc43)ccc1O2. The van der Waals surface area contributed by atoms with Gasteiger partial charge in [-0.2, -0.15) is 0 Å². The fourth-order valence-corrected chi connectivity index (χ4v) is 10.9.